The van der Waals surface area contributed by atoms with E-state index >= 15 is 0 Å². The molecule has 0 atom stereocenters. The number of rotatable bonds is 3. The monoisotopic (exact) mass is 414 g/mol. The summed E-state index contributed by atoms with van der Waals surface area (Å²) in [6.07, 6.45) is 1.61. The lowest BCUT2D eigenvalue weighted by atomic mass is 10.0. The van der Waals surface area contributed by atoms with Gasteiger partial charge in [0.05, 0.1) is 18.1 Å². The molecule has 0 saturated carbocycles. The normalized spacial score (nSPS) is 16.3. The number of carbonyl (C=O) groups is 2. The molecule has 0 radical (unpaired) electrons. The van der Waals surface area contributed by atoms with Gasteiger partial charge in [0.1, 0.15) is 17.2 Å². The SMILES string of the molecule is Cc1c(OC(=O)C(C)C)ccc2c1O/C(=C\c1cc(Cl)cc3c1OCOC3)C2=O. The van der Waals surface area contributed by atoms with Crippen LogP contribution in [-0.4, -0.2) is 18.5 Å². The van der Waals surface area contributed by atoms with E-state index in [0.717, 1.165) is 5.56 Å². The minimum absolute atomic E-state index is 0.128. The van der Waals surface area contributed by atoms with E-state index in [1.165, 1.54) is 0 Å². The average molecular weight is 415 g/mol. The summed E-state index contributed by atoms with van der Waals surface area (Å²) >= 11 is 6.20. The highest BCUT2D eigenvalue weighted by Crippen LogP contribution is 2.41. The molecule has 0 fully saturated rings. The van der Waals surface area contributed by atoms with E-state index in [4.69, 9.17) is 30.5 Å². The third-order valence-electron chi connectivity index (χ3n) is 4.71. The summed E-state index contributed by atoms with van der Waals surface area (Å²) in [4.78, 5) is 24.8. The van der Waals surface area contributed by atoms with Gasteiger partial charge in [-0.05, 0) is 37.3 Å². The first-order valence-electron chi connectivity index (χ1n) is 9.17. The van der Waals surface area contributed by atoms with E-state index in [1.807, 2.05) is 0 Å². The molecule has 150 valence electrons. The van der Waals surface area contributed by atoms with Crippen LogP contribution in [0.4, 0.5) is 0 Å². The number of hydrogen-bond donors (Lipinski definition) is 0. The lowest BCUT2D eigenvalue weighted by Gasteiger charge is -2.20. The molecule has 0 aliphatic carbocycles. The third-order valence-corrected chi connectivity index (χ3v) is 4.93. The number of fused-ring (bicyclic) bond motifs is 2. The summed E-state index contributed by atoms with van der Waals surface area (Å²) in [7, 11) is 0. The van der Waals surface area contributed by atoms with Crippen LogP contribution in [-0.2, 0) is 16.1 Å². The van der Waals surface area contributed by atoms with Crippen LogP contribution >= 0.6 is 11.6 Å². The molecule has 4 rings (SSSR count). The maximum atomic E-state index is 12.8. The number of halogens is 1. The van der Waals surface area contributed by atoms with Crippen LogP contribution in [0.25, 0.3) is 6.08 Å². The fourth-order valence-corrected chi connectivity index (χ4v) is 3.41. The molecule has 0 aromatic heterocycles. The van der Waals surface area contributed by atoms with Crippen molar-refractivity contribution in [3.8, 4) is 17.2 Å². The van der Waals surface area contributed by atoms with E-state index in [-0.39, 0.29) is 30.2 Å². The maximum Gasteiger partial charge on any atom is 0.313 e. The minimum atomic E-state index is -0.349. The number of allylic oxidation sites excluding steroid dienone is 1. The fourth-order valence-electron chi connectivity index (χ4n) is 3.16. The van der Waals surface area contributed by atoms with Crippen molar-refractivity contribution in [2.24, 2.45) is 5.92 Å². The summed E-state index contributed by atoms with van der Waals surface area (Å²) in [5.41, 5.74) is 2.44. The van der Waals surface area contributed by atoms with Gasteiger partial charge in [-0.15, -0.1) is 0 Å². The van der Waals surface area contributed by atoms with E-state index in [1.54, 1.807) is 51.1 Å². The first kappa shape index (κ1) is 19.5. The van der Waals surface area contributed by atoms with Crippen molar-refractivity contribution in [1.29, 1.82) is 0 Å². The van der Waals surface area contributed by atoms with Crippen molar-refractivity contribution in [1.82, 2.24) is 0 Å². The molecule has 2 aliphatic rings. The lowest BCUT2D eigenvalue weighted by molar-refractivity contribution is -0.137. The first-order valence-corrected chi connectivity index (χ1v) is 9.55. The fraction of sp³-hybridized carbons (Fsp3) is 0.273. The molecular weight excluding hydrogens is 396 g/mol. The van der Waals surface area contributed by atoms with Gasteiger partial charge in [0.2, 0.25) is 5.78 Å². The van der Waals surface area contributed by atoms with E-state index in [9.17, 15) is 9.59 Å². The zero-order valence-electron chi connectivity index (χ0n) is 16.2. The number of hydrogen-bond acceptors (Lipinski definition) is 6. The first-order chi connectivity index (χ1) is 13.8. The Labute approximate surface area is 173 Å². The van der Waals surface area contributed by atoms with Gasteiger partial charge in [-0.2, -0.15) is 0 Å². The van der Waals surface area contributed by atoms with Gasteiger partial charge in [0.15, 0.2) is 12.6 Å². The van der Waals surface area contributed by atoms with Crippen molar-refractivity contribution in [2.75, 3.05) is 6.79 Å². The molecule has 0 spiro atoms. The van der Waals surface area contributed by atoms with Crippen LogP contribution in [0.1, 0.15) is 40.9 Å². The smallest absolute Gasteiger partial charge is 0.313 e. The molecule has 2 heterocycles. The number of esters is 1. The van der Waals surface area contributed by atoms with Gasteiger partial charge in [0, 0.05) is 21.7 Å². The topological polar surface area (TPSA) is 71.1 Å². The molecule has 6 nitrogen and oxygen atoms in total. The Morgan fingerprint density at radius 2 is 2.03 bits per heavy atom. The molecule has 0 saturated heterocycles. The van der Waals surface area contributed by atoms with E-state index in [0.29, 0.717) is 45.6 Å². The number of benzene rings is 2. The Morgan fingerprint density at radius 3 is 2.79 bits per heavy atom. The molecule has 0 unspecified atom stereocenters. The van der Waals surface area contributed by atoms with Gasteiger partial charge in [-0.1, -0.05) is 25.4 Å². The molecule has 2 aliphatic heterocycles. The van der Waals surface area contributed by atoms with Crippen molar-refractivity contribution in [2.45, 2.75) is 27.4 Å². The van der Waals surface area contributed by atoms with Crippen molar-refractivity contribution >= 4 is 29.4 Å². The third kappa shape index (κ3) is 3.61. The highest BCUT2D eigenvalue weighted by atomic mass is 35.5. The molecule has 2 aromatic carbocycles. The summed E-state index contributed by atoms with van der Waals surface area (Å²) < 4.78 is 22.1. The molecule has 7 heteroatoms. The summed E-state index contributed by atoms with van der Waals surface area (Å²) in [6.45, 7) is 5.77. The van der Waals surface area contributed by atoms with Gasteiger partial charge in [-0.25, -0.2) is 0 Å². The van der Waals surface area contributed by atoms with Crippen LogP contribution in [0, 0.1) is 12.8 Å². The molecule has 2 aromatic rings. The number of ketones is 1. The highest BCUT2D eigenvalue weighted by molar-refractivity contribution is 6.31. The molecule has 29 heavy (non-hydrogen) atoms. The predicted molar refractivity (Wildman–Crippen MR) is 106 cm³/mol. The Hall–Kier alpha value is -2.83. The molecule has 0 N–H and O–H groups in total. The Morgan fingerprint density at radius 1 is 1.24 bits per heavy atom. The number of ether oxygens (including phenoxy) is 4. The lowest BCUT2D eigenvalue weighted by Crippen LogP contribution is -2.15. The van der Waals surface area contributed by atoms with Crippen LogP contribution in [0.2, 0.25) is 5.02 Å². The quantitative estimate of drug-likeness (QED) is 0.412. The second-order valence-corrected chi connectivity index (χ2v) is 7.61. The Kier molecular flexibility index (Phi) is 5.06. The molecule has 0 amide bonds. The zero-order chi connectivity index (χ0) is 20.7. The van der Waals surface area contributed by atoms with Crippen LogP contribution in [0.5, 0.6) is 17.2 Å². The van der Waals surface area contributed by atoms with Crippen LogP contribution in [0.15, 0.2) is 30.0 Å². The van der Waals surface area contributed by atoms with E-state index < -0.39 is 0 Å². The van der Waals surface area contributed by atoms with Crippen molar-refractivity contribution in [3.63, 3.8) is 0 Å². The Bertz CT molecular complexity index is 1050. The van der Waals surface area contributed by atoms with E-state index in [2.05, 4.69) is 0 Å². The van der Waals surface area contributed by atoms with Crippen molar-refractivity contribution in [3.05, 3.63) is 57.3 Å². The Balaban J connectivity index is 1.70. The van der Waals surface area contributed by atoms with Crippen molar-refractivity contribution < 1.29 is 28.5 Å². The maximum absolute atomic E-state index is 12.8. The average Bonchev–Trinajstić information content (AvgIpc) is 3.00. The second kappa shape index (κ2) is 7.54. The van der Waals surface area contributed by atoms with Gasteiger partial charge < -0.3 is 18.9 Å². The zero-order valence-corrected chi connectivity index (χ0v) is 17.0. The molecular formula is C22H19ClO6. The highest BCUT2D eigenvalue weighted by Gasteiger charge is 2.31. The van der Waals surface area contributed by atoms with Gasteiger partial charge >= 0.3 is 5.97 Å². The predicted octanol–water partition coefficient (Wildman–Crippen LogP) is 4.69. The van der Waals surface area contributed by atoms with Gasteiger partial charge in [-0.3, -0.25) is 9.59 Å². The largest absolute Gasteiger partial charge is 0.467 e. The summed E-state index contributed by atoms with van der Waals surface area (Å²) in [6, 6.07) is 6.69. The minimum Gasteiger partial charge on any atom is -0.467 e. The second-order valence-electron chi connectivity index (χ2n) is 7.17. The summed E-state index contributed by atoms with van der Waals surface area (Å²) in [5.74, 6) is 0.647. The van der Waals surface area contributed by atoms with Gasteiger partial charge in [0.25, 0.3) is 0 Å². The number of Topliss-reactive ketones (excluding diaryl/α,β-unsaturated/α-hetero) is 1. The van der Waals surface area contributed by atoms with Crippen LogP contribution in [0.3, 0.4) is 0 Å². The number of carbonyl (C=O) groups excluding carboxylic acids is 2. The summed E-state index contributed by atoms with van der Waals surface area (Å²) in [5, 5.41) is 0.506. The van der Waals surface area contributed by atoms with Crippen LogP contribution < -0.4 is 14.2 Å². The molecule has 0 bridgehead atoms. The standard InChI is InChI=1S/C22H19ClO6/c1-11(2)22(25)29-17-5-4-16-19(24)18(28-20(16)12(17)3)8-13-6-15(23)7-14-9-26-10-27-21(13)14/h4-8,11H,9-10H2,1-3H3/b18-8-.